The number of rotatable bonds is 5. The van der Waals surface area contributed by atoms with E-state index in [0.717, 1.165) is 30.1 Å². The van der Waals surface area contributed by atoms with E-state index in [4.69, 9.17) is 0 Å². The molecule has 0 fully saturated rings. The lowest BCUT2D eigenvalue weighted by Gasteiger charge is -2.11. The van der Waals surface area contributed by atoms with Crippen LogP contribution in [0.15, 0.2) is 42.7 Å². The number of nitrogens with zero attached hydrogens (tertiary/aromatic N) is 1. The molecule has 0 atom stereocenters. The Labute approximate surface area is 121 Å². The number of pyridine rings is 1. The minimum atomic E-state index is -4.32. The summed E-state index contributed by atoms with van der Waals surface area (Å²) in [5, 5.41) is 6.19. The summed E-state index contributed by atoms with van der Waals surface area (Å²) in [6.07, 6.45) is -0.990. The molecule has 1 heterocycles. The highest BCUT2D eigenvalue weighted by molar-refractivity contribution is 5.54. The number of halogens is 3. The predicted octanol–water partition coefficient (Wildman–Crippen LogP) is 4.14. The lowest BCUT2D eigenvalue weighted by molar-refractivity contribution is -0.137. The van der Waals surface area contributed by atoms with Crippen LogP contribution in [0.4, 0.5) is 24.5 Å². The fraction of sp³-hybridized carbons (Fsp3) is 0.267. The average Bonchev–Trinajstić information content (AvgIpc) is 2.45. The first-order valence-corrected chi connectivity index (χ1v) is 6.58. The van der Waals surface area contributed by atoms with Gasteiger partial charge in [0.25, 0.3) is 0 Å². The first-order valence-electron chi connectivity index (χ1n) is 6.58. The van der Waals surface area contributed by atoms with Gasteiger partial charge in [-0.25, -0.2) is 0 Å². The van der Waals surface area contributed by atoms with Gasteiger partial charge in [0, 0.05) is 13.1 Å². The molecule has 0 amide bonds. The maximum Gasteiger partial charge on any atom is 0.416 e. The van der Waals surface area contributed by atoms with E-state index in [-0.39, 0.29) is 0 Å². The van der Waals surface area contributed by atoms with Gasteiger partial charge in [-0.05, 0) is 30.7 Å². The molecule has 0 radical (unpaired) electrons. The van der Waals surface area contributed by atoms with Gasteiger partial charge >= 0.3 is 6.18 Å². The van der Waals surface area contributed by atoms with Crippen molar-refractivity contribution in [3.05, 3.63) is 53.9 Å². The molecule has 0 saturated carbocycles. The number of hydrogen-bond acceptors (Lipinski definition) is 3. The Balaban J connectivity index is 2.04. The van der Waals surface area contributed by atoms with Gasteiger partial charge in [0.2, 0.25) is 0 Å². The van der Waals surface area contributed by atoms with Crippen LogP contribution in [-0.4, -0.2) is 11.5 Å². The van der Waals surface area contributed by atoms with Crippen LogP contribution in [0.25, 0.3) is 0 Å². The SMILES string of the molecule is CCNc1cncc(NCc2cccc(C(F)(F)F)c2)c1. The summed E-state index contributed by atoms with van der Waals surface area (Å²) in [4.78, 5) is 4.07. The summed E-state index contributed by atoms with van der Waals surface area (Å²) >= 11 is 0. The van der Waals surface area contributed by atoms with Crippen LogP contribution in [0, 0.1) is 0 Å². The normalized spacial score (nSPS) is 11.2. The molecule has 0 saturated heterocycles. The van der Waals surface area contributed by atoms with E-state index in [2.05, 4.69) is 15.6 Å². The van der Waals surface area contributed by atoms with Gasteiger partial charge in [0.1, 0.15) is 0 Å². The van der Waals surface area contributed by atoms with E-state index in [1.54, 1.807) is 18.5 Å². The van der Waals surface area contributed by atoms with Crippen molar-refractivity contribution in [2.45, 2.75) is 19.6 Å². The molecular weight excluding hydrogens is 279 g/mol. The van der Waals surface area contributed by atoms with Crippen molar-refractivity contribution in [2.24, 2.45) is 0 Å². The summed E-state index contributed by atoms with van der Waals surface area (Å²) in [7, 11) is 0. The Kier molecular flexibility index (Phi) is 4.67. The monoisotopic (exact) mass is 295 g/mol. The van der Waals surface area contributed by atoms with Gasteiger partial charge in [0.05, 0.1) is 29.3 Å². The van der Waals surface area contributed by atoms with Gasteiger partial charge in [-0.3, -0.25) is 4.98 Å². The smallest absolute Gasteiger partial charge is 0.384 e. The minimum absolute atomic E-state index is 0.307. The molecule has 0 aliphatic rings. The third-order valence-electron chi connectivity index (χ3n) is 2.87. The molecule has 3 nitrogen and oxygen atoms in total. The molecule has 2 N–H and O–H groups in total. The maximum atomic E-state index is 12.6. The summed E-state index contributed by atoms with van der Waals surface area (Å²) < 4.78 is 37.9. The second-order valence-electron chi connectivity index (χ2n) is 4.54. The van der Waals surface area contributed by atoms with Gasteiger partial charge in [-0.1, -0.05) is 12.1 Å². The predicted molar refractivity (Wildman–Crippen MR) is 77.2 cm³/mol. The second kappa shape index (κ2) is 6.47. The van der Waals surface area contributed by atoms with Crippen molar-refractivity contribution >= 4 is 11.4 Å². The van der Waals surface area contributed by atoms with Crippen LogP contribution in [0.2, 0.25) is 0 Å². The second-order valence-corrected chi connectivity index (χ2v) is 4.54. The van der Waals surface area contributed by atoms with Gasteiger partial charge in [-0.2, -0.15) is 13.2 Å². The van der Waals surface area contributed by atoms with Crippen molar-refractivity contribution in [1.82, 2.24) is 4.98 Å². The first-order chi connectivity index (χ1) is 9.99. The summed E-state index contributed by atoms with van der Waals surface area (Å²) in [6, 6.07) is 7.15. The summed E-state index contributed by atoms with van der Waals surface area (Å²) in [5.41, 5.74) is 1.55. The van der Waals surface area contributed by atoms with E-state index in [9.17, 15) is 13.2 Å². The molecule has 2 rings (SSSR count). The van der Waals surface area contributed by atoms with Crippen molar-refractivity contribution in [3.8, 4) is 0 Å². The van der Waals surface area contributed by atoms with Crippen molar-refractivity contribution in [1.29, 1.82) is 0 Å². The van der Waals surface area contributed by atoms with E-state index < -0.39 is 11.7 Å². The number of anilines is 2. The lowest BCUT2D eigenvalue weighted by Crippen LogP contribution is -2.07. The number of nitrogens with one attached hydrogen (secondary N) is 2. The molecule has 112 valence electrons. The highest BCUT2D eigenvalue weighted by atomic mass is 19.4. The number of hydrogen-bond donors (Lipinski definition) is 2. The largest absolute Gasteiger partial charge is 0.416 e. The van der Waals surface area contributed by atoms with Crippen molar-refractivity contribution < 1.29 is 13.2 Å². The Morgan fingerprint density at radius 2 is 1.76 bits per heavy atom. The molecule has 1 aromatic heterocycles. The lowest BCUT2D eigenvalue weighted by atomic mass is 10.1. The van der Waals surface area contributed by atoms with E-state index in [1.165, 1.54) is 6.07 Å². The molecule has 0 aliphatic carbocycles. The Hall–Kier alpha value is -2.24. The maximum absolute atomic E-state index is 12.6. The number of benzene rings is 1. The van der Waals surface area contributed by atoms with Gasteiger partial charge in [-0.15, -0.1) is 0 Å². The van der Waals surface area contributed by atoms with E-state index >= 15 is 0 Å². The Morgan fingerprint density at radius 3 is 2.43 bits per heavy atom. The zero-order valence-electron chi connectivity index (χ0n) is 11.5. The molecule has 0 bridgehead atoms. The minimum Gasteiger partial charge on any atom is -0.384 e. The van der Waals surface area contributed by atoms with E-state index in [0.29, 0.717) is 12.1 Å². The third-order valence-corrected chi connectivity index (χ3v) is 2.87. The summed E-state index contributed by atoms with van der Waals surface area (Å²) in [5.74, 6) is 0. The number of aromatic nitrogens is 1. The molecule has 0 unspecified atom stereocenters. The van der Waals surface area contributed by atoms with Crippen LogP contribution < -0.4 is 10.6 Å². The third kappa shape index (κ3) is 4.37. The van der Waals surface area contributed by atoms with E-state index in [1.807, 2.05) is 13.0 Å². The van der Waals surface area contributed by atoms with Gasteiger partial charge in [0.15, 0.2) is 0 Å². The first kappa shape index (κ1) is 15.2. The quantitative estimate of drug-likeness (QED) is 0.870. The van der Waals surface area contributed by atoms with Crippen LogP contribution >= 0.6 is 0 Å². The molecule has 21 heavy (non-hydrogen) atoms. The fourth-order valence-electron chi connectivity index (χ4n) is 1.90. The van der Waals surface area contributed by atoms with Crippen molar-refractivity contribution in [3.63, 3.8) is 0 Å². The molecule has 0 spiro atoms. The zero-order valence-corrected chi connectivity index (χ0v) is 11.5. The number of alkyl halides is 3. The highest BCUT2D eigenvalue weighted by Crippen LogP contribution is 2.29. The van der Waals surface area contributed by atoms with Gasteiger partial charge < -0.3 is 10.6 Å². The molecule has 2 aromatic rings. The Bertz CT molecular complexity index is 597. The fourth-order valence-corrected chi connectivity index (χ4v) is 1.90. The Morgan fingerprint density at radius 1 is 1.05 bits per heavy atom. The highest BCUT2D eigenvalue weighted by Gasteiger charge is 2.30. The van der Waals surface area contributed by atoms with Crippen LogP contribution in [-0.2, 0) is 12.7 Å². The molecule has 1 aromatic carbocycles. The standard InChI is InChI=1S/C15H16F3N3/c1-2-20-13-7-14(10-19-9-13)21-8-11-4-3-5-12(6-11)15(16,17)18/h3-7,9-10,20-21H,2,8H2,1H3. The molecule has 0 aliphatic heterocycles. The average molecular weight is 295 g/mol. The molecule has 6 heteroatoms. The van der Waals surface area contributed by atoms with Crippen LogP contribution in [0.3, 0.4) is 0 Å². The van der Waals surface area contributed by atoms with Crippen LogP contribution in [0.1, 0.15) is 18.1 Å². The topological polar surface area (TPSA) is 37.0 Å². The zero-order chi connectivity index (χ0) is 15.3. The molecular formula is C15H16F3N3. The summed E-state index contributed by atoms with van der Waals surface area (Å²) in [6.45, 7) is 3.06. The van der Waals surface area contributed by atoms with Crippen molar-refractivity contribution in [2.75, 3.05) is 17.2 Å². The van der Waals surface area contributed by atoms with Crippen LogP contribution in [0.5, 0.6) is 0 Å².